The molecule has 0 saturated carbocycles. The summed E-state index contributed by atoms with van der Waals surface area (Å²) in [6.45, 7) is 3.16. The Morgan fingerprint density at radius 3 is 2.80 bits per heavy atom. The van der Waals surface area contributed by atoms with Crippen LogP contribution in [0.3, 0.4) is 0 Å². The smallest absolute Gasteiger partial charge is 0.255 e. The Morgan fingerprint density at radius 1 is 1.37 bits per heavy atom. The number of ether oxygens (including phenoxy) is 1. The number of pyridine rings is 1. The largest absolute Gasteiger partial charge is 0.496 e. The van der Waals surface area contributed by atoms with E-state index in [0.717, 1.165) is 12.2 Å². The Kier molecular flexibility index (Phi) is 7.25. The molecule has 1 aliphatic rings. The molecule has 1 fully saturated rings. The zero-order valence-electron chi connectivity index (χ0n) is 16.9. The summed E-state index contributed by atoms with van der Waals surface area (Å²) in [4.78, 5) is 30.5. The highest BCUT2D eigenvalue weighted by Crippen LogP contribution is 2.31. The lowest BCUT2D eigenvalue weighted by atomic mass is 10.0. The molecule has 0 spiro atoms. The number of amides is 2. The van der Waals surface area contributed by atoms with Gasteiger partial charge in [-0.05, 0) is 24.6 Å². The summed E-state index contributed by atoms with van der Waals surface area (Å²) < 4.78 is 5.29. The van der Waals surface area contributed by atoms with Crippen molar-refractivity contribution in [3.63, 3.8) is 0 Å². The number of rotatable bonds is 6. The van der Waals surface area contributed by atoms with Crippen molar-refractivity contribution < 1.29 is 19.4 Å². The molecule has 2 amide bonds. The van der Waals surface area contributed by atoms with Crippen LogP contribution in [0.2, 0.25) is 5.02 Å². The number of carbonyl (C=O) groups is 2. The van der Waals surface area contributed by atoms with E-state index in [2.05, 4.69) is 20.5 Å². The van der Waals surface area contributed by atoms with Gasteiger partial charge in [0.1, 0.15) is 5.75 Å². The van der Waals surface area contributed by atoms with E-state index < -0.39 is 18.1 Å². The minimum Gasteiger partial charge on any atom is -0.496 e. The number of hydrogen-bond donors (Lipinski definition) is 3. The summed E-state index contributed by atoms with van der Waals surface area (Å²) in [5.74, 6) is -0.398. The number of carbonyl (C=O) groups excluding carboxylic acids is 2. The summed E-state index contributed by atoms with van der Waals surface area (Å²) in [6.07, 6.45) is 1.63. The highest BCUT2D eigenvalue weighted by Gasteiger charge is 2.30. The second-order valence-corrected chi connectivity index (χ2v) is 7.61. The van der Waals surface area contributed by atoms with Crippen molar-refractivity contribution in [3.05, 3.63) is 52.8 Å². The molecule has 8 nitrogen and oxygen atoms in total. The number of β-amino-alcohol motifs (C(OH)–C–C–N with tert-alkyl or cyclic N) is 1. The third-order valence-electron chi connectivity index (χ3n) is 4.94. The van der Waals surface area contributed by atoms with E-state index in [4.69, 9.17) is 16.3 Å². The van der Waals surface area contributed by atoms with E-state index in [1.807, 2.05) is 18.2 Å². The summed E-state index contributed by atoms with van der Waals surface area (Å²) in [7, 11) is 1.43. The molecule has 0 radical (unpaired) electrons. The zero-order chi connectivity index (χ0) is 21.7. The first-order valence-corrected chi connectivity index (χ1v) is 10.0. The maximum absolute atomic E-state index is 12.8. The van der Waals surface area contributed by atoms with Crippen LogP contribution in [0.15, 0.2) is 36.5 Å². The van der Waals surface area contributed by atoms with Gasteiger partial charge in [-0.15, -0.1) is 0 Å². The number of piperidine rings is 1. The van der Waals surface area contributed by atoms with E-state index >= 15 is 0 Å². The van der Waals surface area contributed by atoms with Crippen LogP contribution in [0, 0.1) is 0 Å². The summed E-state index contributed by atoms with van der Waals surface area (Å²) in [6, 6.07) is 8.30. The van der Waals surface area contributed by atoms with Crippen molar-refractivity contribution in [2.24, 2.45) is 0 Å². The van der Waals surface area contributed by atoms with Crippen LogP contribution in [0.25, 0.3) is 0 Å². The lowest BCUT2D eigenvalue weighted by molar-refractivity contribution is -0.114. The van der Waals surface area contributed by atoms with Crippen molar-refractivity contribution >= 4 is 29.1 Å². The minimum atomic E-state index is -0.716. The average Bonchev–Trinajstić information content (AvgIpc) is 2.71. The third kappa shape index (κ3) is 5.47. The summed E-state index contributed by atoms with van der Waals surface area (Å²) in [5, 5.41) is 16.2. The monoisotopic (exact) mass is 432 g/mol. The van der Waals surface area contributed by atoms with E-state index in [0.29, 0.717) is 25.2 Å². The molecular weight excluding hydrogens is 408 g/mol. The maximum atomic E-state index is 12.8. The number of halogens is 1. The zero-order valence-corrected chi connectivity index (χ0v) is 17.6. The van der Waals surface area contributed by atoms with Gasteiger partial charge in [-0.2, -0.15) is 0 Å². The van der Waals surface area contributed by atoms with Gasteiger partial charge < -0.3 is 20.5 Å². The number of anilines is 1. The molecule has 9 heteroatoms. The van der Waals surface area contributed by atoms with Crippen LogP contribution >= 0.6 is 11.6 Å². The second-order valence-electron chi connectivity index (χ2n) is 7.21. The summed E-state index contributed by atoms with van der Waals surface area (Å²) >= 11 is 6.20. The first kappa shape index (κ1) is 22.0. The first-order valence-electron chi connectivity index (χ1n) is 9.63. The molecule has 160 valence electrons. The van der Waals surface area contributed by atoms with Gasteiger partial charge in [-0.25, -0.2) is 0 Å². The van der Waals surface area contributed by atoms with E-state index in [1.165, 1.54) is 26.2 Å². The SMILES string of the molecule is COc1cc(NC(C)=O)c(Cl)cc1C(=O)NC1CCN(Cc2ccccn2)CC1O. The predicted octanol–water partition coefficient (Wildman–Crippen LogP) is 2.07. The van der Waals surface area contributed by atoms with Crippen LogP contribution in [0.1, 0.15) is 29.4 Å². The van der Waals surface area contributed by atoms with Gasteiger partial charge in [0.05, 0.1) is 41.2 Å². The normalized spacial score (nSPS) is 19.2. The predicted molar refractivity (Wildman–Crippen MR) is 114 cm³/mol. The lowest BCUT2D eigenvalue weighted by Crippen LogP contribution is -2.53. The Balaban J connectivity index is 1.64. The van der Waals surface area contributed by atoms with Gasteiger partial charge in [0.15, 0.2) is 0 Å². The van der Waals surface area contributed by atoms with Crippen molar-refractivity contribution in [1.29, 1.82) is 0 Å². The number of nitrogens with one attached hydrogen (secondary N) is 2. The van der Waals surface area contributed by atoms with Crippen LogP contribution in [-0.4, -0.2) is 59.1 Å². The van der Waals surface area contributed by atoms with Crippen molar-refractivity contribution in [2.75, 3.05) is 25.5 Å². The molecule has 0 bridgehead atoms. The van der Waals surface area contributed by atoms with Crippen molar-refractivity contribution in [1.82, 2.24) is 15.2 Å². The first-order chi connectivity index (χ1) is 14.4. The third-order valence-corrected chi connectivity index (χ3v) is 5.25. The van der Waals surface area contributed by atoms with E-state index in [9.17, 15) is 14.7 Å². The molecule has 1 aromatic heterocycles. The summed E-state index contributed by atoms with van der Waals surface area (Å²) in [5.41, 5.74) is 1.53. The van der Waals surface area contributed by atoms with Gasteiger partial charge >= 0.3 is 0 Å². The van der Waals surface area contributed by atoms with Crippen molar-refractivity contribution in [3.8, 4) is 5.75 Å². The fraction of sp³-hybridized carbons (Fsp3) is 0.381. The molecule has 2 unspecified atom stereocenters. The number of aromatic nitrogens is 1. The Hall–Kier alpha value is -2.68. The molecule has 2 heterocycles. The molecule has 1 aromatic carbocycles. The second kappa shape index (κ2) is 9.88. The standard InChI is InChI=1S/C21H25ClN4O4/c1-13(27)24-18-10-20(30-2)15(9-16(18)22)21(29)25-17-6-8-26(12-19(17)28)11-14-5-3-4-7-23-14/h3-5,7,9-10,17,19,28H,6,8,11-12H2,1-2H3,(H,24,27)(H,25,29). The topological polar surface area (TPSA) is 104 Å². The molecule has 1 aliphatic heterocycles. The lowest BCUT2D eigenvalue weighted by Gasteiger charge is -2.36. The fourth-order valence-electron chi connectivity index (χ4n) is 3.46. The fourth-order valence-corrected chi connectivity index (χ4v) is 3.67. The number of methoxy groups -OCH3 is 1. The molecule has 1 saturated heterocycles. The molecule has 3 rings (SSSR count). The van der Waals surface area contributed by atoms with Crippen molar-refractivity contribution in [2.45, 2.75) is 32.0 Å². The number of hydrogen-bond acceptors (Lipinski definition) is 6. The molecule has 2 atom stereocenters. The van der Waals surface area contributed by atoms with Crippen LogP contribution in [0.5, 0.6) is 5.75 Å². The number of aliphatic hydroxyl groups is 1. The molecule has 3 N–H and O–H groups in total. The van der Waals surface area contributed by atoms with E-state index in [-0.39, 0.29) is 22.2 Å². The van der Waals surface area contributed by atoms with Crippen LogP contribution < -0.4 is 15.4 Å². The van der Waals surface area contributed by atoms with Gasteiger partial charge in [0.2, 0.25) is 5.91 Å². The minimum absolute atomic E-state index is 0.224. The Bertz CT molecular complexity index is 909. The van der Waals surface area contributed by atoms with E-state index in [1.54, 1.807) is 6.20 Å². The number of benzene rings is 1. The van der Waals surface area contributed by atoms with Gasteiger partial charge in [-0.1, -0.05) is 17.7 Å². The number of aliphatic hydroxyl groups excluding tert-OH is 1. The van der Waals surface area contributed by atoms with Crippen LogP contribution in [0.4, 0.5) is 5.69 Å². The highest BCUT2D eigenvalue weighted by atomic mass is 35.5. The molecule has 30 heavy (non-hydrogen) atoms. The molecule has 0 aliphatic carbocycles. The van der Waals surface area contributed by atoms with Crippen LogP contribution in [-0.2, 0) is 11.3 Å². The molecule has 2 aromatic rings. The van der Waals surface area contributed by atoms with Gasteiger partial charge in [0.25, 0.3) is 5.91 Å². The van der Waals surface area contributed by atoms with Gasteiger partial charge in [0, 0.05) is 38.8 Å². The number of nitrogens with zero attached hydrogens (tertiary/aromatic N) is 2. The Labute approximate surface area is 180 Å². The highest BCUT2D eigenvalue weighted by molar-refractivity contribution is 6.34. The quantitative estimate of drug-likeness (QED) is 0.645. The Morgan fingerprint density at radius 2 is 2.17 bits per heavy atom. The maximum Gasteiger partial charge on any atom is 0.255 e. The van der Waals surface area contributed by atoms with Gasteiger partial charge in [-0.3, -0.25) is 19.5 Å². The average molecular weight is 433 g/mol. The molecular formula is C21H25ClN4O4. The number of likely N-dealkylation sites (tertiary alicyclic amines) is 1.